The van der Waals surface area contributed by atoms with E-state index in [1.54, 1.807) is 38.2 Å². The number of nitrogens with zero attached hydrogens (tertiary/aromatic N) is 2. The molecule has 0 aliphatic rings. The molecule has 0 unspecified atom stereocenters. The number of rotatable bonds is 4. The summed E-state index contributed by atoms with van der Waals surface area (Å²) in [6.45, 7) is 3.97. The third-order valence-corrected chi connectivity index (χ3v) is 3.38. The molecule has 0 atom stereocenters. The van der Waals surface area contributed by atoms with E-state index in [1.807, 2.05) is 12.1 Å². The number of pyridine rings is 1. The molecule has 0 fully saturated rings. The number of likely N-dealkylation sites (N-methyl/N-ethyl adjacent to an activating group) is 1. The summed E-state index contributed by atoms with van der Waals surface area (Å²) in [6.07, 6.45) is 4.22. The van der Waals surface area contributed by atoms with Gasteiger partial charge in [-0.25, -0.2) is 4.79 Å². The first kappa shape index (κ1) is 15.0. The maximum Gasteiger partial charge on any atom is 0.336 e. The van der Waals surface area contributed by atoms with E-state index in [2.05, 4.69) is 4.98 Å². The summed E-state index contributed by atoms with van der Waals surface area (Å²) in [6, 6.07) is 5.20. The van der Waals surface area contributed by atoms with Crippen LogP contribution in [0.5, 0.6) is 0 Å². The fourth-order valence-corrected chi connectivity index (χ4v) is 2.22. The summed E-state index contributed by atoms with van der Waals surface area (Å²) in [7, 11) is 1.74. The molecule has 1 amide bonds. The molecule has 0 radical (unpaired) electrons. The quantitative estimate of drug-likeness (QED) is 0.862. The number of carbonyl (C=O) groups excluding carboxylic acids is 1. The van der Waals surface area contributed by atoms with E-state index in [9.17, 15) is 9.59 Å². The zero-order valence-corrected chi connectivity index (χ0v) is 12.4. The van der Waals surface area contributed by atoms with Gasteiger partial charge in [0.15, 0.2) is 0 Å². The lowest BCUT2D eigenvalue weighted by atomic mass is 10.1. The van der Waals surface area contributed by atoms with E-state index >= 15 is 0 Å². The zero-order chi connectivity index (χ0) is 15.4. The molecule has 0 N–H and O–H groups in total. The van der Waals surface area contributed by atoms with E-state index in [4.69, 9.17) is 4.42 Å². The molecule has 0 aliphatic carbocycles. The molecular weight excluding hydrogens is 268 g/mol. The molecule has 0 saturated heterocycles. The van der Waals surface area contributed by atoms with Crippen LogP contribution in [0.15, 0.2) is 39.8 Å². The van der Waals surface area contributed by atoms with Crippen LogP contribution in [0.2, 0.25) is 0 Å². The second kappa shape index (κ2) is 6.35. The fraction of sp³-hybridized carbons (Fsp3) is 0.312. The van der Waals surface area contributed by atoms with E-state index < -0.39 is 5.63 Å². The third-order valence-electron chi connectivity index (χ3n) is 3.38. The number of carbonyl (C=O) groups is 1. The molecule has 0 aliphatic heterocycles. The maximum absolute atomic E-state index is 12.5. The van der Waals surface area contributed by atoms with Crippen LogP contribution >= 0.6 is 0 Å². The van der Waals surface area contributed by atoms with E-state index in [-0.39, 0.29) is 5.91 Å². The number of aromatic nitrogens is 1. The number of hydrogen-bond acceptors (Lipinski definition) is 4. The van der Waals surface area contributed by atoms with Crippen molar-refractivity contribution in [3.05, 3.63) is 63.5 Å². The Bertz CT molecular complexity index is 666. The first-order valence-corrected chi connectivity index (χ1v) is 6.74. The van der Waals surface area contributed by atoms with Crippen LogP contribution in [0.4, 0.5) is 0 Å². The Morgan fingerprint density at radius 3 is 2.57 bits per heavy atom. The Labute approximate surface area is 123 Å². The molecule has 0 bridgehead atoms. The first-order chi connectivity index (χ1) is 9.99. The molecule has 2 heterocycles. The largest absolute Gasteiger partial charge is 0.427 e. The molecule has 5 nitrogen and oxygen atoms in total. The molecular formula is C16H18N2O3. The summed E-state index contributed by atoms with van der Waals surface area (Å²) in [5.41, 5.74) is 1.80. The minimum absolute atomic E-state index is 0.136. The summed E-state index contributed by atoms with van der Waals surface area (Å²) in [5, 5.41) is 0. The molecule has 2 rings (SSSR count). The van der Waals surface area contributed by atoms with Crippen molar-refractivity contribution in [3.8, 4) is 0 Å². The van der Waals surface area contributed by atoms with Crippen molar-refractivity contribution in [2.24, 2.45) is 0 Å². The molecule has 0 spiro atoms. The Kier molecular flexibility index (Phi) is 4.52. The highest BCUT2D eigenvalue weighted by molar-refractivity contribution is 5.96. The lowest BCUT2D eigenvalue weighted by molar-refractivity contribution is 0.0791. The van der Waals surface area contributed by atoms with Gasteiger partial charge >= 0.3 is 5.63 Å². The Morgan fingerprint density at radius 2 is 1.95 bits per heavy atom. The summed E-state index contributed by atoms with van der Waals surface area (Å²) in [4.78, 5) is 29.3. The SMILES string of the molecule is Cc1cc(=O)oc(C)c1C(=O)N(C)CCc1ccncc1. The maximum atomic E-state index is 12.5. The fourth-order valence-electron chi connectivity index (χ4n) is 2.22. The van der Waals surface area contributed by atoms with Gasteiger partial charge in [-0.2, -0.15) is 0 Å². The second-order valence-corrected chi connectivity index (χ2v) is 5.01. The number of amides is 1. The van der Waals surface area contributed by atoms with Gasteiger partial charge in [0.05, 0.1) is 5.56 Å². The molecule has 5 heteroatoms. The highest BCUT2D eigenvalue weighted by Gasteiger charge is 2.18. The van der Waals surface area contributed by atoms with Gasteiger partial charge in [-0.05, 0) is 43.5 Å². The minimum atomic E-state index is -0.430. The van der Waals surface area contributed by atoms with Gasteiger partial charge in [-0.3, -0.25) is 9.78 Å². The monoisotopic (exact) mass is 286 g/mol. The van der Waals surface area contributed by atoms with Crippen molar-refractivity contribution in [3.63, 3.8) is 0 Å². The van der Waals surface area contributed by atoms with Crippen LogP contribution in [0.25, 0.3) is 0 Å². The number of aryl methyl sites for hydroxylation is 2. The lowest BCUT2D eigenvalue weighted by Gasteiger charge is -2.19. The van der Waals surface area contributed by atoms with Crippen LogP contribution in [0.1, 0.15) is 27.2 Å². The third kappa shape index (κ3) is 3.56. The van der Waals surface area contributed by atoms with E-state index in [0.29, 0.717) is 23.4 Å². The van der Waals surface area contributed by atoms with Crippen molar-refractivity contribution in [1.29, 1.82) is 0 Å². The highest BCUT2D eigenvalue weighted by atomic mass is 16.4. The van der Waals surface area contributed by atoms with Gasteiger partial charge in [0, 0.05) is 32.1 Å². The molecule has 2 aromatic rings. The molecule has 110 valence electrons. The molecule has 0 aromatic carbocycles. The lowest BCUT2D eigenvalue weighted by Crippen LogP contribution is -2.30. The van der Waals surface area contributed by atoms with E-state index in [1.165, 1.54) is 6.07 Å². The van der Waals surface area contributed by atoms with Crippen LogP contribution in [-0.4, -0.2) is 29.4 Å². The van der Waals surface area contributed by atoms with Crippen molar-refractivity contribution >= 4 is 5.91 Å². The second-order valence-electron chi connectivity index (χ2n) is 5.01. The van der Waals surface area contributed by atoms with Crippen molar-refractivity contribution in [2.75, 3.05) is 13.6 Å². The normalized spacial score (nSPS) is 10.4. The predicted octanol–water partition coefficient (Wildman–Crippen LogP) is 1.97. The average molecular weight is 286 g/mol. The Hall–Kier alpha value is -2.43. The average Bonchev–Trinajstić information content (AvgIpc) is 2.44. The number of hydrogen-bond donors (Lipinski definition) is 0. The van der Waals surface area contributed by atoms with Crippen LogP contribution < -0.4 is 5.63 Å². The predicted molar refractivity (Wildman–Crippen MR) is 79.4 cm³/mol. The molecule has 2 aromatic heterocycles. The van der Waals surface area contributed by atoms with Crippen molar-refractivity contribution in [2.45, 2.75) is 20.3 Å². The van der Waals surface area contributed by atoms with Gasteiger partial charge in [0.2, 0.25) is 0 Å². The summed E-state index contributed by atoms with van der Waals surface area (Å²) < 4.78 is 5.01. The van der Waals surface area contributed by atoms with Gasteiger partial charge < -0.3 is 9.32 Å². The summed E-state index contributed by atoms with van der Waals surface area (Å²) >= 11 is 0. The van der Waals surface area contributed by atoms with Gasteiger partial charge in [0.25, 0.3) is 5.91 Å². The minimum Gasteiger partial charge on any atom is -0.427 e. The van der Waals surface area contributed by atoms with Crippen LogP contribution in [0.3, 0.4) is 0 Å². The van der Waals surface area contributed by atoms with Crippen LogP contribution in [0, 0.1) is 13.8 Å². The van der Waals surface area contributed by atoms with Crippen molar-refractivity contribution in [1.82, 2.24) is 9.88 Å². The van der Waals surface area contributed by atoms with Gasteiger partial charge in [0.1, 0.15) is 5.76 Å². The summed E-state index contributed by atoms with van der Waals surface area (Å²) in [5.74, 6) is 0.226. The Morgan fingerprint density at radius 1 is 1.29 bits per heavy atom. The molecule has 21 heavy (non-hydrogen) atoms. The van der Waals surface area contributed by atoms with Crippen LogP contribution in [-0.2, 0) is 6.42 Å². The van der Waals surface area contributed by atoms with Crippen molar-refractivity contribution < 1.29 is 9.21 Å². The van der Waals surface area contributed by atoms with Gasteiger partial charge in [-0.15, -0.1) is 0 Å². The highest BCUT2D eigenvalue weighted by Crippen LogP contribution is 2.13. The van der Waals surface area contributed by atoms with Gasteiger partial charge in [-0.1, -0.05) is 0 Å². The topological polar surface area (TPSA) is 63.4 Å². The standard InChI is InChI=1S/C16H18N2O3/c1-11-10-14(19)21-12(2)15(11)16(20)18(3)9-6-13-4-7-17-8-5-13/h4-5,7-8,10H,6,9H2,1-3H3. The zero-order valence-electron chi connectivity index (χ0n) is 12.4. The molecule has 0 saturated carbocycles. The smallest absolute Gasteiger partial charge is 0.336 e. The van der Waals surface area contributed by atoms with E-state index in [0.717, 1.165) is 12.0 Å². The first-order valence-electron chi connectivity index (χ1n) is 6.74. The Balaban J connectivity index is 2.11.